The number of hydrogen-bond donors (Lipinski definition) is 4. The topological polar surface area (TPSA) is 165 Å². The van der Waals surface area contributed by atoms with Crippen LogP contribution in [0, 0.1) is 16.7 Å². The molecule has 2 saturated heterocycles. The number of esters is 2. The number of methoxy groups -OCH3 is 1. The molecule has 0 bridgehead atoms. The number of cyclic esters (lactones) is 1. The van der Waals surface area contributed by atoms with Gasteiger partial charge in [0.25, 0.3) is 0 Å². The number of aliphatic hydroxyl groups is 4. The maximum Gasteiger partial charge on any atom is 0.334 e. The van der Waals surface area contributed by atoms with Gasteiger partial charge in [-0.3, -0.25) is 0 Å². The second-order valence-electron chi connectivity index (χ2n) is 10.9. The van der Waals surface area contributed by atoms with Gasteiger partial charge in [-0.05, 0) is 37.3 Å². The van der Waals surface area contributed by atoms with E-state index in [1.165, 1.54) is 13.4 Å². The molecule has 11 nitrogen and oxygen atoms in total. The minimum Gasteiger partial charge on any atom is -0.472 e. The summed E-state index contributed by atoms with van der Waals surface area (Å²) in [6, 6.07) is 1.75. The molecule has 10 atom stereocenters. The normalized spacial score (nSPS) is 42.8. The quantitative estimate of drug-likeness (QED) is 0.397. The predicted molar refractivity (Wildman–Crippen MR) is 128 cm³/mol. The van der Waals surface area contributed by atoms with Crippen molar-refractivity contribution in [1.29, 1.82) is 0 Å². The Labute approximate surface area is 219 Å². The molecule has 0 aromatic carbocycles. The van der Waals surface area contributed by atoms with Crippen LogP contribution >= 0.6 is 0 Å². The van der Waals surface area contributed by atoms with Crippen molar-refractivity contribution in [3.8, 4) is 0 Å². The van der Waals surface area contributed by atoms with E-state index < -0.39 is 72.3 Å². The number of hydrogen-bond acceptors (Lipinski definition) is 11. The highest BCUT2D eigenvalue weighted by Crippen LogP contribution is 2.63. The van der Waals surface area contributed by atoms with Crippen LogP contribution in [0.25, 0.3) is 0 Å². The third kappa shape index (κ3) is 4.04. The van der Waals surface area contributed by atoms with Crippen molar-refractivity contribution in [2.75, 3.05) is 13.7 Å². The van der Waals surface area contributed by atoms with Crippen LogP contribution in [0.5, 0.6) is 0 Å². The van der Waals surface area contributed by atoms with Gasteiger partial charge in [0.15, 0.2) is 6.29 Å². The minimum atomic E-state index is -1.65. The largest absolute Gasteiger partial charge is 0.472 e. The number of carbonyl (C=O) groups is 2. The number of furan rings is 1. The SMILES string of the molecule is COC(=O)C1=CCC[C@@H]2[C@]3(C)CC(c4ccoc4)OC(=O)C3=CC(OC3OC(CO)C(O)C(O)C3O)[C@@]12C. The molecular weight excluding hydrogens is 500 g/mol. The van der Waals surface area contributed by atoms with Crippen molar-refractivity contribution in [3.63, 3.8) is 0 Å². The van der Waals surface area contributed by atoms with Crippen molar-refractivity contribution in [1.82, 2.24) is 0 Å². The Balaban J connectivity index is 1.59. The van der Waals surface area contributed by atoms with E-state index in [-0.39, 0.29) is 5.92 Å². The molecule has 2 aliphatic heterocycles. The minimum absolute atomic E-state index is 0.286. The van der Waals surface area contributed by atoms with Crippen LogP contribution < -0.4 is 0 Å². The van der Waals surface area contributed by atoms with Crippen LogP contribution in [0.3, 0.4) is 0 Å². The third-order valence-corrected chi connectivity index (χ3v) is 8.93. The molecule has 0 amide bonds. The third-order valence-electron chi connectivity index (χ3n) is 8.93. The molecule has 7 unspecified atom stereocenters. The predicted octanol–water partition coefficient (Wildman–Crippen LogP) is 0.915. The zero-order valence-corrected chi connectivity index (χ0v) is 21.5. The Morgan fingerprint density at radius 1 is 1.18 bits per heavy atom. The molecule has 4 aliphatic rings. The van der Waals surface area contributed by atoms with E-state index in [4.69, 9.17) is 23.4 Å². The zero-order chi connectivity index (χ0) is 27.4. The van der Waals surface area contributed by atoms with Crippen molar-refractivity contribution < 1.29 is 53.4 Å². The maximum absolute atomic E-state index is 13.4. The highest BCUT2D eigenvalue weighted by atomic mass is 16.7. The van der Waals surface area contributed by atoms with Gasteiger partial charge in [0.05, 0.1) is 32.3 Å². The highest BCUT2D eigenvalue weighted by Gasteiger charge is 2.63. The van der Waals surface area contributed by atoms with Gasteiger partial charge in [-0.1, -0.05) is 19.9 Å². The van der Waals surface area contributed by atoms with Gasteiger partial charge < -0.3 is 43.8 Å². The Morgan fingerprint density at radius 2 is 1.95 bits per heavy atom. The monoisotopic (exact) mass is 534 g/mol. The van der Waals surface area contributed by atoms with E-state index in [0.717, 1.165) is 5.56 Å². The van der Waals surface area contributed by atoms with Crippen LogP contribution in [-0.2, 0) is 28.5 Å². The average molecular weight is 535 g/mol. The van der Waals surface area contributed by atoms with Crippen molar-refractivity contribution >= 4 is 11.9 Å². The number of carbonyl (C=O) groups excluding carboxylic acids is 2. The summed E-state index contributed by atoms with van der Waals surface area (Å²) in [5.41, 5.74) is -0.239. The maximum atomic E-state index is 13.4. The van der Waals surface area contributed by atoms with Crippen LogP contribution in [0.1, 0.15) is 44.8 Å². The van der Waals surface area contributed by atoms with E-state index >= 15 is 0 Å². The molecule has 208 valence electrons. The number of aliphatic hydroxyl groups excluding tert-OH is 4. The molecule has 11 heteroatoms. The van der Waals surface area contributed by atoms with Gasteiger partial charge in [-0.15, -0.1) is 0 Å². The van der Waals surface area contributed by atoms with E-state index in [0.29, 0.717) is 30.4 Å². The fraction of sp³-hybridized carbons (Fsp3) is 0.630. The fourth-order valence-electron chi connectivity index (χ4n) is 6.87. The molecule has 0 saturated carbocycles. The number of rotatable bonds is 5. The van der Waals surface area contributed by atoms with Gasteiger partial charge in [0.1, 0.15) is 30.5 Å². The summed E-state index contributed by atoms with van der Waals surface area (Å²) in [5, 5.41) is 40.8. The summed E-state index contributed by atoms with van der Waals surface area (Å²) < 4.78 is 28.0. The molecule has 5 rings (SSSR count). The lowest BCUT2D eigenvalue weighted by atomic mass is 9.48. The Kier molecular flexibility index (Phi) is 7.04. The molecule has 38 heavy (non-hydrogen) atoms. The summed E-state index contributed by atoms with van der Waals surface area (Å²) in [6.45, 7) is 3.22. The first-order valence-electron chi connectivity index (χ1n) is 12.8. The lowest BCUT2D eigenvalue weighted by molar-refractivity contribution is -0.317. The summed E-state index contributed by atoms with van der Waals surface area (Å²) in [6.07, 6.45) is -0.890. The Bertz CT molecular complexity index is 1120. The van der Waals surface area contributed by atoms with Gasteiger partial charge in [-0.25, -0.2) is 9.59 Å². The first-order valence-corrected chi connectivity index (χ1v) is 12.8. The fourth-order valence-corrected chi connectivity index (χ4v) is 6.87. The molecule has 0 spiro atoms. The van der Waals surface area contributed by atoms with Crippen LogP contribution in [0.4, 0.5) is 0 Å². The van der Waals surface area contributed by atoms with Crippen LogP contribution in [-0.4, -0.2) is 82.9 Å². The summed E-state index contributed by atoms with van der Waals surface area (Å²) in [7, 11) is 1.29. The second-order valence-corrected chi connectivity index (χ2v) is 10.9. The smallest absolute Gasteiger partial charge is 0.334 e. The molecule has 2 aliphatic carbocycles. The lowest BCUT2D eigenvalue weighted by Crippen LogP contribution is -2.62. The Hall–Kier alpha value is -2.54. The summed E-state index contributed by atoms with van der Waals surface area (Å²) in [4.78, 5) is 26.5. The number of fused-ring (bicyclic) bond motifs is 3. The van der Waals surface area contributed by atoms with E-state index in [1.807, 2.05) is 19.9 Å². The average Bonchev–Trinajstić information content (AvgIpc) is 3.44. The Morgan fingerprint density at radius 3 is 2.61 bits per heavy atom. The summed E-state index contributed by atoms with van der Waals surface area (Å²) >= 11 is 0. The lowest BCUT2D eigenvalue weighted by Gasteiger charge is -2.58. The van der Waals surface area contributed by atoms with Crippen molar-refractivity contribution in [3.05, 3.63) is 47.5 Å². The van der Waals surface area contributed by atoms with Crippen LogP contribution in [0.2, 0.25) is 0 Å². The second kappa shape index (κ2) is 9.89. The molecule has 4 N–H and O–H groups in total. The molecule has 2 fully saturated rings. The first-order chi connectivity index (χ1) is 18.1. The van der Waals surface area contributed by atoms with Gasteiger partial charge >= 0.3 is 11.9 Å². The van der Waals surface area contributed by atoms with E-state index in [1.54, 1.807) is 18.4 Å². The van der Waals surface area contributed by atoms with Gasteiger partial charge in [0, 0.05) is 27.5 Å². The number of allylic oxidation sites excluding steroid dienone is 1. The molecule has 3 heterocycles. The summed E-state index contributed by atoms with van der Waals surface area (Å²) in [5.74, 6) is -1.35. The first kappa shape index (κ1) is 27.0. The van der Waals surface area contributed by atoms with Crippen molar-refractivity contribution in [2.45, 2.75) is 76.0 Å². The molecule has 1 aromatic rings. The van der Waals surface area contributed by atoms with Gasteiger partial charge in [-0.2, -0.15) is 0 Å². The zero-order valence-electron chi connectivity index (χ0n) is 21.5. The highest BCUT2D eigenvalue weighted by molar-refractivity contribution is 5.94. The van der Waals surface area contributed by atoms with E-state index in [9.17, 15) is 30.0 Å². The van der Waals surface area contributed by atoms with Gasteiger partial charge in [0.2, 0.25) is 0 Å². The molecule has 0 radical (unpaired) electrons. The molecular formula is C27H34O11. The van der Waals surface area contributed by atoms with Crippen molar-refractivity contribution in [2.24, 2.45) is 16.7 Å². The standard InChI is InChI=1S/C27H34O11/c1-26-10-16(13-7-8-35-12-13)36-24(33)15(26)9-19(27(2)14(23(32)34-3)5-4-6-18(26)27)38-25-22(31)21(30)20(29)17(11-28)37-25/h5,7-9,12,16-22,25,28-31H,4,6,10-11H2,1-3H3/t16?,17?,18-,19?,20?,21?,22?,25?,26-,27+/m1/s1. The van der Waals surface area contributed by atoms with E-state index in [2.05, 4.69) is 0 Å². The molecule has 1 aromatic heterocycles. The van der Waals surface area contributed by atoms with Crippen LogP contribution in [0.15, 0.2) is 46.3 Å². The number of ether oxygens (including phenoxy) is 4.